The normalized spacial score (nSPS) is 13.1. The molecule has 0 aliphatic rings. The first kappa shape index (κ1) is 28.8. The molecule has 4 aromatic rings. The lowest BCUT2D eigenvalue weighted by molar-refractivity contribution is -0.198. The second-order valence-corrected chi connectivity index (χ2v) is 9.29. The zero-order valence-corrected chi connectivity index (χ0v) is 22.3. The number of esters is 1. The maximum Gasteiger partial charge on any atom is 0.429 e. The lowest BCUT2D eigenvalue weighted by Crippen LogP contribution is -2.34. The zero-order valence-electron chi connectivity index (χ0n) is 21.5. The topological polar surface area (TPSA) is 131 Å². The second-order valence-electron chi connectivity index (χ2n) is 8.85. The molecule has 0 radical (unpaired) electrons. The van der Waals surface area contributed by atoms with Crippen molar-refractivity contribution in [2.45, 2.75) is 38.6 Å². The summed E-state index contributed by atoms with van der Waals surface area (Å²) in [4.78, 5) is 19.8. The molecule has 0 fully saturated rings. The summed E-state index contributed by atoms with van der Waals surface area (Å²) in [6.07, 6.45) is -5.48. The number of hydrogen-bond donors (Lipinski definition) is 2. The number of aromatic nitrogens is 4. The van der Waals surface area contributed by atoms with Gasteiger partial charge in [0.2, 0.25) is 17.9 Å². The highest BCUT2D eigenvalue weighted by Crippen LogP contribution is 2.40. The first-order chi connectivity index (χ1) is 18.9. The van der Waals surface area contributed by atoms with Gasteiger partial charge in [-0.15, -0.1) is 0 Å². The molecule has 0 aliphatic carbocycles. The van der Waals surface area contributed by atoms with Gasteiger partial charge in [-0.1, -0.05) is 41.9 Å². The van der Waals surface area contributed by atoms with Crippen molar-refractivity contribution < 1.29 is 27.4 Å². The van der Waals surface area contributed by atoms with Crippen LogP contribution in [0.1, 0.15) is 29.8 Å². The van der Waals surface area contributed by atoms with Crippen LogP contribution in [0.25, 0.3) is 16.9 Å². The van der Waals surface area contributed by atoms with E-state index in [1.807, 2.05) is 0 Å². The lowest BCUT2D eigenvalue weighted by Gasteiger charge is -2.24. The Kier molecular flexibility index (Phi) is 8.60. The van der Waals surface area contributed by atoms with Gasteiger partial charge in [0.25, 0.3) is 0 Å². The Morgan fingerprint density at radius 1 is 1.10 bits per heavy atom. The molecule has 210 valence electrons. The molecule has 9 nitrogen and oxygen atoms in total. The number of aryl methyl sites for hydroxylation is 1. The summed E-state index contributed by atoms with van der Waals surface area (Å²) in [5.74, 6) is -1.17. The van der Waals surface area contributed by atoms with E-state index in [2.05, 4.69) is 15.1 Å². The number of anilines is 1. The number of rotatable bonds is 9. The monoisotopic (exact) mass is 574 g/mol. The van der Waals surface area contributed by atoms with Gasteiger partial charge in [-0.3, -0.25) is 4.79 Å². The minimum atomic E-state index is -4.83. The predicted molar refractivity (Wildman–Crippen MR) is 143 cm³/mol. The van der Waals surface area contributed by atoms with E-state index in [0.29, 0.717) is 11.3 Å². The first-order valence-corrected chi connectivity index (χ1v) is 12.5. The summed E-state index contributed by atoms with van der Waals surface area (Å²) in [6, 6.07) is 12.8. The number of hydrogen-bond acceptors (Lipinski definition) is 8. The van der Waals surface area contributed by atoms with Crippen LogP contribution < -0.4 is 16.2 Å². The number of nitrogen functional groups attached to an aromatic ring is 1. The van der Waals surface area contributed by atoms with E-state index in [4.69, 9.17) is 32.5 Å². The van der Waals surface area contributed by atoms with E-state index in [0.717, 1.165) is 5.56 Å². The zero-order chi connectivity index (χ0) is 29.0. The summed E-state index contributed by atoms with van der Waals surface area (Å²) >= 11 is 6.10. The number of nitrogens with two attached hydrogens (primary N) is 2. The molecule has 4 rings (SSSR count). The Morgan fingerprint density at radius 3 is 2.45 bits per heavy atom. The Morgan fingerprint density at radius 2 is 1.82 bits per heavy atom. The molecule has 0 spiro atoms. The summed E-state index contributed by atoms with van der Waals surface area (Å²) in [7, 11) is 0. The molecule has 0 amide bonds. The molecule has 2 aromatic carbocycles. The highest BCUT2D eigenvalue weighted by molar-refractivity contribution is 6.30. The van der Waals surface area contributed by atoms with Crippen molar-refractivity contribution in [2.24, 2.45) is 5.73 Å². The Bertz CT molecular complexity index is 1490. The SMILES string of the molecule is CCOC(=O)C(N)Cc1ccc(-c2cc(O[C@H](c3ccc(Cl)cc3-n3ccc(C)n3)C(F)(F)F)nc(N)n2)cc1. The third kappa shape index (κ3) is 6.88. The van der Waals surface area contributed by atoms with Gasteiger partial charge in [0.05, 0.1) is 23.7 Å². The number of alkyl halides is 3. The number of ether oxygens (including phenoxy) is 2. The summed E-state index contributed by atoms with van der Waals surface area (Å²) < 4.78 is 54.8. The molecular formula is C27H26ClF3N6O3. The Balaban J connectivity index is 1.64. The van der Waals surface area contributed by atoms with Crippen molar-refractivity contribution >= 4 is 23.5 Å². The van der Waals surface area contributed by atoms with Crippen LogP contribution in [-0.2, 0) is 16.0 Å². The molecular weight excluding hydrogens is 549 g/mol. The van der Waals surface area contributed by atoms with Gasteiger partial charge < -0.3 is 20.9 Å². The van der Waals surface area contributed by atoms with Crippen molar-refractivity contribution in [2.75, 3.05) is 12.3 Å². The fourth-order valence-corrected chi connectivity index (χ4v) is 4.13. The smallest absolute Gasteiger partial charge is 0.429 e. The highest BCUT2D eigenvalue weighted by Gasteiger charge is 2.45. The van der Waals surface area contributed by atoms with E-state index < -0.39 is 24.3 Å². The van der Waals surface area contributed by atoms with Crippen LogP contribution in [0.15, 0.2) is 60.8 Å². The van der Waals surface area contributed by atoms with Gasteiger partial charge in [-0.2, -0.15) is 23.3 Å². The number of benzene rings is 2. The molecule has 0 bridgehead atoms. The van der Waals surface area contributed by atoms with Crippen LogP contribution in [0, 0.1) is 6.92 Å². The Labute approximate surface area is 232 Å². The molecule has 4 N–H and O–H groups in total. The van der Waals surface area contributed by atoms with Crippen LogP contribution in [0.5, 0.6) is 5.88 Å². The molecule has 2 aromatic heterocycles. The van der Waals surface area contributed by atoms with E-state index in [-0.39, 0.29) is 46.8 Å². The first-order valence-electron chi connectivity index (χ1n) is 12.2. The average molecular weight is 575 g/mol. The maximum atomic E-state index is 14.4. The largest absolute Gasteiger partial charge is 0.465 e. The molecule has 0 aliphatic heterocycles. The van der Waals surface area contributed by atoms with Crippen LogP contribution in [0.4, 0.5) is 19.1 Å². The quantitative estimate of drug-likeness (QED) is 0.267. The van der Waals surface area contributed by atoms with Gasteiger partial charge in [0.1, 0.15) is 6.04 Å². The number of halogens is 4. The van der Waals surface area contributed by atoms with Gasteiger partial charge >= 0.3 is 12.1 Å². The minimum absolute atomic E-state index is 0.0989. The van der Waals surface area contributed by atoms with Crippen LogP contribution in [-0.4, -0.2) is 44.5 Å². The fraction of sp³-hybridized carbons (Fsp3) is 0.259. The van der Waals surface area contributed by atoms with Crippen LogP contribution in [0.3, 0.4) is 0 Å². The highest BCUT2D eigenvalue weighted by atomic mass is 35.5. The summed E-state index contributed by atoms with van der Waals surface area (Å²) in [5, 5.41) is 4.45. The van der Waals surface area contributed by atoms with Crippen LogP contribution >= 0.6 is 11.6 Å². The van der Waals surface area contributed by atoms with Crippen molar-refractivity contribution in [3.8, 4) is 22.8 Å². The maximum absolute atomic E-state index is 14.4. The van der Waals surface area contributed by atoms with Crippen molar-refractivity contribution in [1.82, 2.24) is 19.7 Å². The molecule has 40 heavy (non-hydrogen) atoms. The third-order valence-corrected chi connectivity index (χ3v) is 6.03. The molecule has 13 heteroatoms. The molecule has 1 unspecified atom stereocenters. The molecule has 0 saturated carbocycles. The van der Waals surface area contributed by atoms with E-state index in [1.165, 1.54) is 35.1 Å². The molecule has 0 saturated heterocycles. The third-order valence-electron chi connectivity index (χ3n) is 5.79. The predicted octanol–water partition coefficient (Wildman–Crippen LogP) is 4.99. The van der Waals surface area contributed by atoms with E-state index >= 15 is 0 Å². The summed E-state index contributed by atoms with van der Waals surface area (Å²) in [5.41, 5.74) is 13.7. The second kappa shape index (κ2) is 11.9. The van der Waals surface area contributed by atoms with E-state index in [1.54, 1.807) is 44.2 Å². The van der Waals surface area contributed by atoms with E-state index in [9.17, 15) is 18.0 Å². The standard InChI is InChI=1S/C27H26ClF3N6O3/c1-3-39-25(38)20(32)12-16-4-6-17(7-5-16)21-14-23(35-26(33)34-21)40-24(27(29,30)31)19-9-8-18(28)13-22(19)37-11-10-15(2)36-37/h4-11,13-14,20,24H,3,12,32H2,1-2H3,(H2,33,34,35)/t20?,24-/m1/s1. The minimum Gasteiger partial charge on any atom is -0.465 e. The van der Waals surface area contributed by atoms with Gasteiger partial charge in [0.15, 0.2) is 0 Å². The molecule has 2 atom stereocenters. The van der Waals surface area contributed by atoms with Crippen LogP contribution in [0.2, 0.25) is 5.02 Å². The molecule has 2 heterocycles. The van der Waals surface area contributed by atoms with Gasteiger partial charge in [0, 0.05) is 28.4 Å². The Hall–Kier alpha value is -4.16. The van der Waals surface area contributed by atoms with Crippen molar-refractivity contribution in [3.63, 3.8) is 0 Å². The average Bonchev–Trinajstić information content (AvgIpc) is 3.33. The number of carbonyl (C=O) groups is 1. The summed E-state index contributed by atoms with van der Waals surface area (Å²) in [6.45, 7) is 3.63. The van der Waals surface area contributed by atoms with Crippen molar-refractivity contribution in [3.05, 3.63) is 82.6 Å². The fourth-order valence-electron chi connectivity index (χ4n) is 3.96. The number of carbonyl (C=O) groups excluding carboxylic acids is 1. The van der Waals surface area contributed by atoms with Gasteiger partial charge in [-0.25, -0.2) is 9.67 Å². The van der Waals surface area contributed by atoms with Gasteiger partial charge in [-0.05, 0) is 44.0 Å². The lowest BCUT2D eigenvalue weighted by atomic mass is 10.0. The van der Waals surface area contributed by atoms with Crippen molar-refractivity contribution in [1.29, 1.82) is 0 Å². The number of nitrogens with zero attached hydrogens (tertiary/aromatic N) is 4.